The minimum atomic E-state index is -0.860. The molecular formula is C33H41FN4O5. The van der Waals surface area contributed by atoms with Gasteiger partial charge in [-0.15, -0.1) is 0 Å². The van der Waals surface area contributed by atoms with Crippen molar-refractivity contribution in [1.82, 2.24) is 15.2 Å². The lowest BCUT2D eigenvalue weighted by atomic mass is 10.1. The molecule has 43 heavy (non-hydrogen) atoms. The van der Waals surface area contributed by atoms with E-state index in [0.29, 0.717) is 31.9 Å². The van der Waals surface area contributed by atoms with Gasteiger partial charge in [0, 0.05) is 25.3 Å². The zero-order valence-electron chi connectivity index (χ0n) is 24.7. The average molecular weight is 593 g/mol. The molecule has 0 spiro atoms. The van der Waals surface area contributed by atoms with Crippen LogP contribution in [0, 0.1) is 5.82 Å². The van der Waals surface area contributed by atoms with Gasteiger partial charge in [0.1, 0.15) is 36.6 Å². The van der Waals surface area contributed by atoms with Gasteiger partial charge < -0.3 is 24.8 Å². The number of halogens is 1. The van der Waals surface area contributed by atoms with Crippen molar-refractivity contribution in [2.45, 2.75) is 51.2 Å². The molecule has 0 bridgehead atoms. The van der Waals surface area contributed by atoms with E-state index in [-0.39, 0.29) is 12.4 Å². The van der Waals surface area contributed by atoms with Crippen LogP contribution in [0.2, 0.25) is 0 Å². The number of esters is 1. The van der Waals surface area contributed by atoms with Crippen molar-refractivity contribution in [3.63, 3.8) is 0 Å². The Kier molecular flexibility index (Phi) is 12.6. The second-order valence-electron chi connectivity index (χ2n) is 10.5. The van der Waals surface area contributed by atoms with Crippen molar-refractivity contribution >= 4 is 17.9 Å². The fraction of sp³-hybridized carbons (Fsp3) is 0.424. The Balaban J connectivity index is 1.29. The normalized spacial score (nSPS) is 13.0. The lowest BCUT2D eigenvalue weighted by molar-refractivity contribution is -0.143. The van der Waals surface area contributed by atoms with Crippen molar-refractivity contribution in [3.8, 4) is 5.75 Å². The summed E-state index contributed by atoms with van der Waals surface area (Å²) in [6, 6.07) is 18.7. The fourth-order valence-electron chi connectivity index (χ4n) is 4.92. The van der Waals surface area contributed by atoms with E-state index in [9.17, 15) is 14.0 Å². The van der Waals surface area contributed by atoms with Crippen LogP contribution >= 0.6 is 0 Å². The molecule has 0 aliphatic carbocycles. The molecule has 1 aliphatic rings. The number of pyridine rings is 1. The van der Waals surface area contributed by atoms with Crippen LogP contribution in [0.3, 0.4) is 0 Å². The zero-order chi connectivity index (χ0) is 30.3. The summed E-state index contributed by atoms with van der Waals surface area (Å²) in [5, 5.41) is 6.04. The number of nitrogens with one attached hydrogen (secondary N) is 2. The van der Waals surface area contributed by atoms with E-state index in [1.165, 1.54) is 24.8 Å². The molecule has 0 radical (unpaired) electrons. The molecule has 1 aromatic heterocycles. The zero-order valence-corrected chi connectivity index (χ0v) is 24.7. The molecule has 2 N–H and O–H groups in total. The molecular weight excluding hydrogens is 551 g/mol. The third kappa shape index (κ3) is 10.9. The lowest BCUT2D eigenvalue weighted by Crippen LogP contribution is -2.44. The van der Waals surface area contributed by atoms with Gasteiger partial charge in [-0.05, 0) is 86.5 Å². The summed E-state index contributed by atoms with van der Waals surface area (Å²) in [7, 11) is 1.30. The number of carbonyl (C=O) groups excluding carboxylic acids is 2. The number of hydrogen-bond acceptors (Lipinski definition) is 8. The van der Waals surface area contributed by atoms with Gasteiger partial charge in [0.05, 0.1) is 7.11 Å². The number of hydrogen-bond donors (Lipinski definition) is 2. The highest BCUT2D eigenvalue weighted by atomic mass is 19.1. The second-order valence-corrected chi connectivity index (χ2v) is 10.5. The number of fused-ring (bicyclic) bond motifs is 1. The molecule has 0 saturated heterocycles. The summed E-state index contributed by atoms with van der Waals surface area (Å²) in [5.41, 5.74) is 3.20. The van der Waals surface area contributed by atoms with Crippen molar-refractivity contribution in [2.75, 3.05) is 45.2 Å². The maximum Gasteiger partial charge on any atom is 0.408 e. The van der Waals surface area contributed by atoms with Crippen LogP contribution in [-0.2, 0) is 33.7 Å². The first-order chi connectivity index (χ1) is 21.0. The predicted molar refractivity (Wildman–Crippen MR) is 163 cm³/mol. The number of carbonyl (C=O) groups is 2. The molecule has 1 atom stereocenters. The van der Waals surface area contributed by atoms with E-state index >= 15 is 0 Å². The number of unbranched alkanes of at least 4 members (excludes halogenated alkanes) is 1. The van der Waals surface area contributed by atoms with Crippen molar-refractivity contribution in [1.29, 1.82) is 0 Å². The highest BCUT2D eigenvalue weighted by Gasteiger charge is 2.23. The van der Waals surface area contributed by atoms with Gasteiger partial charge in [-0.2, -0.15) is 0 Å². The minimum Gasteiger partial charge on any atom is -0.492 e. The summed E-state index contributed by atoms with van der Waals surface area (Å²) >= 11 is 0. The Hall–Kier alpha value is -4.18. The Bertz CT molecular complexity index is 1290. The van der Waals surface area contributed by atoms with Crippen LogP contribution in [-0.4, -0.2) is 67.9 Å². The van der Waals surface area contributed by atoms with Crippen LogP contribution in [0.15, 0.2) is 66.7 Å². The van der Waals surface area contributed by atoms with Crippen LogP contribution < -0.4 is 15.4 Å². The van der Waals surface area contributed by atoms with Crippen LogP contribution in [0.25, 0.3) is 0 Å². The van der Waals surface area contributed by atoms with E-state index < -0.39 is 18.1 Å². The summed E-state index contributed by atoms with van der Waals surface area (Å²) in [6.45, 7) is 3.33. The number of ether oxygens (including phenoxy) is 3. The Morgan fingerprint density at radius 3 is 2.63 bits per heavy atom. The number of alkyl carbamates (subject to hydrolysis) is 1. The topological polar surface area (TPSA) is 102 Å². The first-order valence-electron chi connectivity index (χ1n) is 14.9. The Morgan fingerprint density at radius 1 is 1.02 bits per heavy atom. The molecule has 0 saturated carbocycles. The third-order valence-electron chi connectivity index (χ3n) is 7.32. The average Bonchev–Trinajstić information content (AvgIpc) is 3.04. The standard InChI is InChI=1S/C33H41FN4O5/c1-41-32(39)30(37-33(40)43-24-25-8-3-2-4-9-25)18-21-38(22-23-42-29-16-13-27(34)14-17-29)20-6-5-11-28-15-12-26-10-7-19-35-31(26)36-28/h2-4,8-9,12-17,30H,5-7,10-11,18-24H2,1H3,(H,35,36)(H,37,40). The SMILES string of the molecule is COC(=O)C(CCN(CCCCc1ccc2c(n1)NCCC2)CCOc1ccc(F)cc1)NC(=O)OCc1ccccc1. The first-order valence-corrected chi connectivity index (χ1v) is 14.9. The van der Waals surface area contributed by atoms with Gasteiger partial charge in [-0.3, -0.25) is 4.90 Å². The van der Waals surface area contributed by atoms with Crippen molar-refractivity contribution in [2.24, 2.45) is 0 Å². The smallest absolute Gasteiger partial charge is 0.408 e. The lowest BCUT2D eigenvalue weighted by Gasteiger charge is -2.25. The van der Waals surface area contributed by atoms with Gasteiger partial charge in [0.15, 0.2) is 0 Å². The molecule has 10 heteroatoms. The molecule has 1 unspecified atom stereocenters. The molecule has 0 fully saturated rings. The predicted octanol–water partition coefficient (Wildman–Crippen LogP) is 5.14. The van der Waals surface area contributed by atoms with Gasteiger partial charge >= 0.3 is 12.1 Å². The van der Waals surface area contributed by atoms with Crippen LogP contribution in [0.5, 0.6) is 5.75 Å². The van der Waals surface area contributed by atoms with Gasteiger partial charge in [0.25, 0.3) is 0 Å². The van der Waals surface area contributed by atoms with Gasteiger partial charge in [-0.25, -0.2) is 19.0 Å². The third-order valence-corrected chi connectivity index (χ3v) is 7.32. The van der Waals surface area contributed by atoms with Crippen molar-refractivity contribution < 1.29 is 28.2 Å². The Morgan fingerprint density at radius 2 is 1.84 bits per heavy atom. The molecule has 2 heterocycles. The number of aromatic nitrogens is 1. The molecule has 1 amide bonds. The molecule has 230 valence electrons. The number of aryl methyl sites for hydroxylation is 2. The highest BCUT2D eigenvalue weighted by Crippen LogP contribution is 2.20. The van der Waals surface area contributed by atoms with Crippen LogP contribution in [0.4, 0.5) is 15.0 Å². The Labute approximate surface area is 252 Å². The quantitative estimate of drug-likeness (QED) is 0.174. The molecule has 1 aliphatic heterocycles. The maximum absolute atomic E-state index is 13.3. The van der Waals surface area contributed by atoms with E-state index in [2.05, 4.69) is 27.7 Å². The molecule has 9 nitrogen and oxygen atoms in total. The van der Waals surface area contributed by atoms with Crippen LogP contribution in [0.1, 0.15) is 42.5 Å². The maximum atomic E-state index is 13.3. The van der Waals surface area contributed by atoms with Crippen molar-refractivity contribution in [3.05, 3.63) is 89.4 Å². The number of anilines is 1. The number of nitrogens with zero attached hydrogens (tertiary/aromatic N) is 2. The molecule has 4 rings (SSSR count). The number of amides is 1. The second kappa shape index (κ2) is 17.1. The fourth-order valence-corrected chi connectivity index (χ4v) is 4.92. The van der Waals surface area contributed by atoms with E-state index in [1.54, 1.807) is 12.1 Å². The number of rotatable bonds is 16. The largest absolute Gasteiger partial charge is 0.492 e. The van der Waals surface area contributed by atoms with E-state index in [0.717, 1.165) is 62.3 Å². The summed E-state index contributed by atoms with van der Waals surface area (Å²) in [4.78, 5) is 32.0. The van der Waals surface area contributed by atoms with Gasteiger partial charge in [-0.1, -0.05) is 36.4 Å². The summed E-state index contributed by atoms with van der Waals surface area (Å²) in [5.74, 6) is 0.740. The van der Waals surface area contributed by atoms with Gasteiger partial charge in [0.2, 0.25) is 0 Å². The minimum absolute atomic E-state index is 0.0998. The monoisotopic (exact) mass is 592 g/mol. The van der Waals surface area contributed by atoms with E-state index in [1.807, 2.05) is 30.3 Å². The number of methoxy groups -OCH3 is 1. The number of benzene rings is 2. The first kappa shape index (κ1) is 31.7. The van der Waals surface area contributed by atoms with E-state index in [4.69, 9.17) is 19.2 Å². The highest BCUT2D eigenvalue weighted by molar-refractivity contribution is 5.81. The molecule has 3 aromatic rings. The summed E-state index contributed by atoms with van der Waals surface area (Å²) in [6.07, 6.45) is 4.59. The molecule has 2 aromatic carbocycles. The summed E-state index contributed by atoms with van der Waals surface area (Å²) < 4.78 is 29.3.